The number of aromatic nitrogens is 2. The number of amides is 1. The number of carbonyl (C=O) groups is 1. The Morgan fingerprint density at radius 1 is 1.36 bits per heavy atom. The molecule has 1 amide bonds. The van der Waals surface area contributed by atoms with E-state index in [-0.39, 0.29) is 5.91 Å². The second-order valence-electron chi connectivity index (χ2n) is 6.34. The number of hydrogen-bond donors (Lipinski definition) is 2. The summed E-state index contributed by atoms with van der Waals surface area (Å²) < 4.78 is 1.96. The van der Waals surface area contributed by atoms with Crippen molar-refractivity contribution in [3.05, 3.63) is 17.5 Å². The van der Waals surface area contributed by atoms with E-state index in [1.54, 1.807) is 0 Å². The number of nitrogens with zero attached hydrogens (tertiary/aromatic N) is 4. The lowest BCUT2D eigenvalue weighted by atomic mass is 10.1. The molecule has 7 heteroatoms. The fourth-order valence-corrected chi connectivity index (χ4v) is 3.26. The van der Waals surface area contributed by atoms with Gasteiger partial charge in [-0.3, -0.25) is 14.4 Å². The molecule has 2 aliphatic rings. The number of hydrogen-bond acceptors (Lipinski definition) is 5. The average molecular weight is 308 g/mol. The molecule has 2 N–H and O–H groups in total. The Bertz CT molecular complexity index is 541. The highest BCUT2D eigenvalue weighted by Crippen LogP contribution is 2.41. The summed E-state index contributed by atoms with van der Waals surface area (Å²) in [5.74, 6) is 0.313. The van der Waals surface area contributed by atoms with Crippen LogP contribution in [-0.2, 0) is 18.4 Å². The van der Waals surface area contributed by atoms with Crippen LogP contribution in [0.1, 0.15) is 30.0 Å². The van der Waals surface area contributed by atoms with Crippen LogP contribution >= 0.6 is 0 Å². The predicted molar refractivity (Wildman–Crippen MR) is 80.1 cm³/mol. The standard InChI is InChI=1S/C15H24N4O3/c1-17-15(11-2-3-11)12(6-16-17)7-18-4-5-19(14(22)10-20)9-13(21)8-18/h6,11,13,20-21H,2-5,7-10H2,1H3. The maximum Gasteiger partial charge on any atom is 0.248 e. The molecule has 0 radical (unpaired) electrons. The molecule has 0 spiro atoms. The van der Waals surface area contributed by atoms with Gasteiger partial charge in [-0.2, -0.15) is 5.10 Å². The molecule has 1 unspecified atom stereocenters. The molecular weight excluding hydrogens is 284 g/mol. The van der Waals surface area contributed by atoms with Crippen molar-refractivity contribution in [2.45, 2.75) is 31.4 Å². The molecule has 3 rings (SSSR count). The first-order valence-electron chi connectivity index (χ1n) is 7.88. The monoisotopic (exact) mass is 308 g/mol. The maximum atomic E-state index is 11.6. The van der Waals surface area contributed by atoms with Gasteiger partial charge in [0.05, 0.1) is 12.3 Å². The molecule has 1 aromatic heterocycles. The zero-order chi connectivity index (χ0) is 15.7. The molecule has 2 fully saturated rings. The Hall–Kier alpha value is -1.44. The molecule has 1 aliphatic heterocycles. The van der Waals surface area contributed by atoms with Crippen molar-refractivity contribution in [2.24, 2.45) is 7.05 Å². The van der Waals surface area contributed by atoms with E-state index in [9.17, 15) is 9.90 Å². The molecule has 22 heavy (non-hydrogen) atoms. The van der Waals surface area contributed by atoms with E-state index in [0.717, 1.165) is 6.54 Å². The minimum Gasteiger partial charge on any atom is -0.390 e. The number of carbonyl (C=O) groups excluding carboxylic acids is 1. The zero-order valence-corrected chi connectivity index (χ0v) is 13.0. The van der Waals surface area contributed by atoms with Crippen molar-refractivity contribution in [3.63, 3.8) is 0 Å². The summed E-state index contributed by atoms with van der Waals surface area (Å²) in [6.45, 7) is 2.31. The van der Waals surface area contributed by atoms with Crippen molar-refractivity contribution in [1.29, 1.82) is 0 Å². The van der Waals surface area contributed by atoms with Gasteiger partial charge in [0.25, 0.3) is 0 Å². The number of aliphatic hydroxyl groups excluding tert-OH is 2. The van der Waals surface area contributed by atoms with Gasteiger partial charge in [-0.25, -0.2) is 0 Å². The van der Waals surface area contributed by atoms with Crippen molar-refractivity contribution in [1.82, 2.24) is 19.6 Å². The van der Waals surface area contributed by atoms with Crippen LogP contribution in [-0.4, -0.2) is 74.6 Å². The molecule has 1 aromatic rings. The first kappa shape index (κ1) is 15.5. The molecule has 1 saturated carbocycles. The second kappa shape index (κ2) is 6.36. The molecule has 0 bridgehead atoms. The molecule has 1 saturated heterocycles. The van der Waals surface area contributed by atoms with Gasteiger partial charge in [0.2, 0.25) is 5.91 Å². The normalized spacial score (nSPS) is 23.6. The molecule has 1 aliphatic carbocycles. The Balaban J connectivity index is 1.67. The van der Waals surface area contributed by atoms with Crippen LogP contribution in [0.5, 0.6) is 0 Å². The van der Waals surface area contributed by atoms with E-state index in [0.29, 0.717) is 32.1 Å². The van der Waals surface area contributed by atoms with E-state index in [1.165, 1.54) is 29.0 Å². The van der Waals surface area contributed by atoms with Crippen molar-refractivity contribution in [3.8, 4) is 0 Å². The van der Waals surface area contributed by atoms with Gasteiger partial charge < -0.3 is 15.1 Å². The van der Waals surface area contributed by atoms with Crippen LogP contribution in [0.4, 0.5) is 0 Å². The largest absolute Gasteiger partial charge is 0.390 e. The summed E-state index contributed by atoms with van der Waals surface area (Å²) in [5, 5.41) is 23.5. The van der Waals surface area contributed by atoms with E-state index in [1.807, 2.05) is 17.9 Å². The van der Waals surface area contributed by atoms with Crippen molar-refractivity contribution in [2.75, 3.05) is 32.8 Å². The lowest BCUT2D eigenvalue weighted by Crippen LogP contribution is -2.39. The van der Waals surface area contributed by atoms with Gasteiger partial charge in [0.15, 0.2) is 0 Å². The Kier molecular flexibility index (Phi) is 4.46. The maximum absolute atomic E-state index is 11.6. The molecule has 7 nitrogen and oxygen atoms in total. The second-order valence-corrected chi connectivity index (χ2v) is 6.34. The van der Waals surface area contributed by atoms with Crippen molar-refractivity contribution >= 4 is 5.91 Å². The molecular formula is C15H24N4O3. The number of aliphatic hydroxyl groups is 2. The van der Waals surface area contributed by atoms with Gasteiger partial charge >= 0.3 is 0 Å². The third kappa shape index (κ3) is 3.31. The summed E-state index contributed by atoms with van der Waals surface area (Å²) in [7, 11) is 1.98. The van der Waals surface area contributed by atoms with Gasteiger partial charge in [-0.1, -0.05) is 0 Å². The lowest BCUT2D eigenvalue weighted by Gasteiger charge is -2.21. The zero-order valence-electron chi connectivity index (χ0n) is 13.0. The average Bonchev–Trinajstić information content (AvgIpc) is 3.28. The van der Waals surface area contributed by atoms with E-state index in [2.05, 4.69) is 10.00 Å². The minimum absolute atomic E-state index is 0.290. The van der Waals surface area contributed by atoms with Gasteiger partial charge in [-0.05, 0) is 12.8 Å². The molecule has 0 aromatic carbocycles. The third-order valence-electron chi connectivity index (χ3n) is 4.50. The highest BCUT2D eigenvalue weighted by atomic mass is 16.3. The van der Waals surface area contributed by atoms with Crippen LogP contribution in [0.25, 0.3) is 0 Å². The Morgan fingerprint density at radius 2 is 2.14 bits per heavy atom. The SMILES string of the molecule is Cn1ncc(CN2CCN(C(=O)CO)CC(O)C2)c1C1CC1. The highest BCUT2D eigenvalue weighted by Gasteiger charge is 2.31. The molecule has 122 valence electrons. The topological polar surface area (TPSA) is 81.8 Å². The number of β-amino-alcohol motifs (C(OH)–C–C–N with tert-alkyl or cyclic N) is 1. The quantitative estimate of drug-likeness (QED) is 0.768. The third-order valence-corrected chi connectivity index (χ3v) is 4.50. The van der Waals surface area contributed by atoms with Crippen LogP contribution in [0.3, 0.4) is 0 Å². The Labute approximate surface area is 130 Å². The van der Waals surface area contributed by atoms with Gasteiger partial charge in [0, 0.05) is 56.9 Å². The smallest absolute Gasteiger partial charge is 0.248 e. The fraction of sp³-hybridized carbons (Fsp3) is 0.733. The molecule has 2 heterocycles. The summed E-state index contributed by atoms with van der Waals surface area (Å²) in [6, 6.07) is 0. The van der Waals surface area contributed by atoms with Crippen molar-refractivity contribution < 1.29 is 15.0 Å². The summed E-state index contributed by atoms with van der Waals surface area (Å²) >= 11 is 0. The minimum atomic E-state index is -0.584. The van der Waals surface area contributed by atoms with E-state index in [4.69, 9.17) is 5.11 Å². The van der Waals surface area contributed by atoms with Crippen LogP contribution in [0.2, 0.25) is 0 Å². The predicted octanol–water partition coefficient (Wildman–Crippen LogP) is -0.705. The number of rotatable bonds is 4. The summed E-state index contributed by atoms with van der Waals surface area (Å²) in [6.07, 6.45) is 3.79. The molecule has 1 atom stereocenters. The van der Waals surface area contributed by atoms with Gasteiger partial charge in [0.1, 0.15) is 6.61 Å². The first-order chi connectivity index (χ1) is 10.6. The lowest BCUT2D eigenvalue weighted by molar-refractivity contribution is -0.135. The van der Waals surface area contributed by atoms with E-state index >= 15 is 0 Å². The van der Waals surface area contributed by atoms with Crippen LogP contribution in [0.15, 0.2) is 6.20 Å². The first-order valence-corrected chi connectivity index (χ1v) is 7.88. The number of aryl methyl sites for hydroxylation is 1. The van der Waals surface area contributed by atoms with E-state index < -0.39 is 12.7 Å². The van der Waals surface area contributed by atoms with Gasteiger partial charge in [-0.15, -0.1) is 0 Å². The summed E-state index contributed by atoms with van der Waals surface area (Å²) in [4.78, 5) is 15.3. The van der Waals surface area contributed by atoms with Crippen LogP contribution < -0.4 is 0 Å². The summed E-state index contributed by atoms with van der Waals surface area (Å²) in [5.41, 5.74) is 2.53. The fourth-order valence-electron chi connectivity index (χ4n) is 3.26. The highest BCUT2D eigenvalue weighted by molar-refractivity contribution is 5.77. The Morgan fingerprint density at radius 3 is 2.82 bits per heavy atom. The van der Waals surface area contributed by atoms with Crippen LogP contribution in [0, 0.1) is 0 Å².